The highest BCUT2D eigenvalue weighted by Gasteiger charge is 2.03. The lowest BCUT2D eigenvalue weighted by molar-refractivity contribution is 0.475. The summed E-state index contributed by atoms with van der Waals surface area (Å²) in [6.07, 6.45) is 12.4. The highest BCUT2D eigenvalue weighted by atomic mass is 14.9. The lowest BCUT2D eigenvalue weighted by Gasteiger charge is -2.15. The van der Waals surface area contributed by atoms with Gasteiger partial charge in [0, 0.05) is 6.04 Å². The van der Waals surface area contributed by atoms with Gasteiger partial charge in [0.25, 0.3) is 0 Å². The molecule has 0 aromatic heterocycles. The first-order chi connectivity index (χ1) is 7.70. The van der Waals surface area contributed by atoms with Crippen LogP contribution in [0.1, 0.15) is 66.2 Å². The molecule has 0 saturated heterocycles. The van der Waals surface area contributed by atoms with Gasteiger partial charge in [-0.2, -0.15) is 0 Å². The second-order valence-electron chi connectivity index (χ2n) is 5.12. The predicted octanol–water partition coefficient (Wildman–Crippen LogP) is 4.54. The van der Waals surface area contributed by atoms with Gasteiger partial charge in [-0.05, 0) is 32.2 Å². The number of nitrogens with one attached hydrogen (secondary N) is 1. The Morgan fingerprint density at radius 1 is 1.06 bits per heavy atom. The first-order valence-corrected chi connectivity index (χ1v) is 7.06. The van der Waals surface area contributed by atoms with Crippen LogP contribution in [0, 0.1) is 5.92 Å². The van der Waals surface area contributed by atoms with Crippen LogP contribution in [-0.2, 0) is 0 Å². The Morgan fingerprint density at radius 3 is 2.38 bits per heavy atom. The van der Waals surface area contributed by atoms with Gasteiger partial charge in [0.2, 0.25) is 0 Å². The Morgan fingerprint density at radius 2 is 1.81 bits per heavy atom. The summed E-state index contributed by atoms with van der Waals surface area (Å²) < 4.78 is 0. The fourth-order valence-corrected chi connectivity index (χ4v) is 1.91. The van der Waals surface area contributed by atoms with Crippen LogP contribution in [0.15, 0.2) is 12.2 Å². The van der Waals surface area contributed by atoms with Crippen molar-refractivity contribution in [3.63, 3.8) is 0 Å². The molecule has 0 rings (SSSR count). The number of hydrogen-bond donors (Lipinski definition) is 1. The second-order valence-corrected chi connectivity index (χ2v) is 5.12. The molecule has 1 atom stereocenters. The monoisotopic (exact) mass is 225 g/mol. The molecular formula is C15H31N. The molecule has 1 nitrogen and oxygen atoms in total. The van der Waals surface area contributed by atoms with Crippen LogP contribution in [0.5, 0.6) is 0 Å². The van der Waals surface area contributed by atoms with E-state index < -0.39 is 0 Å². The Balaban J connectivity index is 3.62. The van der Waals surface area contributed by atoms with E-state index in [-0.39, 0.29) is 0 Å². The van der Waals surface area contributed by atoms with E-state index in [1.54, 1.807) is 0 Å². The molecule has 0 amide bonds. The van der Waals surface area contributed by atoms with Crippen molar-refractivity contribution in [2.75, 3.05) is 6.54 Å². The van der Waals surface area contributed by atoms with Gasteiger partial charge in [0.1, 0.15) is 0 Å². The molecular weight excluding hydrogens is 194 g/mol. The van der Waals surface area contributed by atoms with Crippen LogP contribution in [0.2, 0.25) is 0 Å². The molecule has 0 aliphatic carbocycles. The van der Waals surface area contributed by atoms with Gasteiger partial charge in [-0.3, -0.25) is 0 Å². The maximum absolute atomic E-state index is 3.64. The maximum Gasteiger partial charge on any atom is 0.0249 e. The van der Waals surface area contributed by atoms with Crippen LogP contribution in [-0.4, -0.2) is 12.6 Å². The molecule has 96 valence electrons. The SMILES string of the molecule is CC=CC(CCCC(C)C)NCCCCC. The second kappa shape index (κ2) is 11.2. The standard InChI is InChI=1S/C15H31N/c1-5-7-8-13-16-15(10-6-2)12-9-11-14(3)4/h6,10,14-16H,5,7-9,11-13H2,1-4H3. The van der Waals surface area contributed by atoms with E-state index in [4.69, 9.17) is 0 Å². The first kappa shape index (κ1) is 15.7. The summed E-state index contributed by atoms with van der Waals surface area (Å²) in [5.41, 5.74) is 0. The Hall–Kier alpha value is -0.300. The van der Waals surface area contributed by atoms with Crippen molar-refractivity contribution >= 4 is 0 Å². The van der Waals surface area contributed by atoms with E-state index in [0.29, 0.717) is 6.04 Å². The normalized spacial score (nSPS) is 13.8. The number of rotatable bonds is 10. The van der Waals surface area contributed by atoms with E-state index in [2.05, 4.69) is 45.2 Å². The van der Waals surface area contributed by atoms with Crippen molar-refractivity contribution in [2.45, 2.75) is 72.3 Å². The molecule has 0 aromatic rings. The van der Waals surface area contributed by atoms with E-state index in [1.807, 2.05) is 0 Å². The summed E-state index contributed by atoms with van der Waals surface area (Å²) in [7, 11) is 0. The van der Waals surface area contributed by atoms with Crippen LogP contribution < -0.4 is 5.32 Å². The summed E-state index contributed by atoms with van der Waals surface area (Å²) in [4.78, 5) is 0. The molecule has 0 aliphatic heterocycles. The highest BCUT2D eigenvalue weighted by Crippen LogP contribution is 2.09. The fourth-order valence-electron chi connectivity index (χ4n) is 1.91. The van der Waals surface area contributed by atoms with Gasteiger partial charge in [0.05, 0.1) is 0 Å². The molecule has 1 heteroatoms. The average Bonchev–Trinajstić information content (AvgIpc) is 2.23. The van der Waals surface area contributed by atoms with E-state index in [0.717, 1.165) is 5.92 Å². The summed E-state index contributed by atoms with van der Waals surface area (Å²) in [6.45, 7) is 10.2. The number of unbranched alkanes of at least 4 members (excludes halogenated alkanes) is 2. The topological polar surface area (TPSA) is 12.0 Å². The molecule has 16 heavy (non-hydrogen) atoms. The zero-order valence-corrected chi connectivity index (χ0v) is 11.8. The lowest BCUT2D eigenvalue weighted by atomic mass is 10.0. The van der Waals surface area contributed by atoms with E-state index in [1.165, 1.54) is 45.1 Å². The van der Waals surface area contributed by atoms with Gasteiger partial charge in [-0.1, -0.05) is 58.6 Å². The highest BCUT2D eigenvalue weighted by molar-refractivity contribution is 4.90. The lowest BCUT2D eigenvalue weighted by Crippen LogP contribution is -2.28. The van der Waals surface area contributed by atoms with Crippen molar-refractivity contribution in [3.8, 4) is 0 Å². The third-order valence-corrected chi connectivity index (χ3v) is 2.91. The van der Waals surface area contributed by atoms with Crippen LogP contribution >= 0.6 is 0 Å². The zero-order chi connectivity index (χ0) is 12.2. The van der Waals surface area contributed by atoms with Gasteiger partial charge >= 0.3 is 0 Å². The summed E-state index contributed by atoms with van der Waals surface area (Å²) in [6, 6.07) is 0.598. The van der Waals surface area contributed by atoms with E-state index in [9.17, 15) is 0 Å². The Kier molecular flexibility index (Phi) is 11.0. The minimum absolute atomic E-state index is 0.598. The van der Waals surface area contributed by atoms with Crippen LogP contribution in [0.3, 0.4) is 0 Å². The molecule has 0 radical (unpaired) electrons. The van der Waals surface area contributed by atoms with Crippen molar-refractivity contribution in [3.05, 3.63) is 12.2 Å². The quantitative estimate of drug-likeness (QED) is 0.425. The molecule has 0 aromatic carbocycles. The zero-order valence-electron chi connectivity index (χ0n) is 11.8. The van der Waals surface area contributed by atoms with Crippen LogP contribution in [0.4, 0.5) is 0 Å². The summed E-state index contributed by atoms with van der Waals surface area (Å²) >= 11 is 0. The van der Waals surface area contributed by atoms with Gasteiger partial charge in [-0.25, -0.2) is 0 Å². The van der Waals surface area contributed by atoms with Crippen molar-refractivity contribution in [2.24, 2.45) is 5.92 Å². The predicted molar refractivity (Wildman–Crippen MR) is 74.8 cm³/mol. The number of allylic oxidation sites excluding steroid dienone is 1. The number of hydrogen-bond acceptors (Lipinski definition) is 1. The summed E-state index contributed by atoms with van der Waals surface area (Å²) in [5, 5.41) is 3.64. The molecule has 0 heterocycles. The smallest absolute Gasteiger partial charge is 0.0249 e. The first-order valence-electron chi connectivity index (χ1n) is 7.06. The van der Waals surface area contributed by atoms with E-state index >= 15 is 0 Å². The molecule has 0 bridgehead atoms. The van der Waals surface area contributed by atoms with Crippen molar-refractivity contribution < 1.29 is 0 Å². The van der Waals surface area contributed by atoms with Gasteiger partial charge in [0.15, 0.2) is 0 Å². The summed E-state index contributed by atoms with van der Waals surface area (Å²) in [5.74, 6) is 0.839. The molecule has 1 N–H and O–H groups in total. The minimum Gasteiger partial charge on any atom is -0.311 e. The average molecular weight is 225 g/mol. The minimum atomic E-state index is 0.598. The van der Waals surface area contributed by atoms with Gasteiger partial charge < -0.3 is 5.32 Å². The molecule has 0 spiro atoms. The largest absolute Gasteiger partial charge is 0.311 e. The fraction of sp³-hybridized carbons (Fsp3) is 0.867. The molecule has 0 saturated carbocycles. The Bertz CT molecular complexity index is 161. The molecule has 1 unspecified atom stereocenters. The van der Waals surface area contributed by atoms with Crippen molar-refractivity contribution in [1.29, 1.82) is 0 Å². The van der Waals surface area contributed by atoms with Crippen LogP contribution in [0.25, 0.3) is 0 Å². The van der Waals surface area contributed by atoms with Gasteiger partial charge in [-0.15, -0.1) is 0 Å². The third-order valence-electron chi connectivity index (χ3n) is 2.91. The molecule has 0 aliphatic rings. The molecule has 0 fully saturated rings. The maximum atomic E-state index is 3.64. The van der Waals surface area contributed by atoms with Crippen molar-refractivity contribution in [1.82, 2.24) is 5.32 Å². The Labute approximate surface area is 103 Å². The third kappa shape index (κ3) is 10.2.